The van der Waals surface area contributed by atoms with E-state index < -0.39 is 5.82 Å². The number of aromatic nitrogens is 3. The van der Waals surface area contributed by atoms with Crippen LogP contribution < -0.4 is 9.72 Å². The lowest BCUT2D eigenvalue weighted by Crippen LogP contribution is -2.49. The monoisotopic (exact) mass is 542 g/mol. The number of amides is 2. The third-order valence-corrected chi connectivity index (χ3v) is 8.71. The fourth-order valence-corrected chi connectivity index (χ4v) is 6.56. The van der Waals surface area contributed by atoms with Gasteiger partial charge in [-0.2, -0.15) is 14.5 Å². The molecule has 0 bridgehead atoms. The summed E-state index contributed by atoms with van der Waals surface area (Å²) in [6, 6.07) is 2.88. The Bertz CT molecular complexity index is 1230. The number of rotatable bonds is 8. The Kier molecular flexibility index (Phi) is 7.28. The highest BCUT2D eigenvalue weighted by Crippen LogP contribution is 2.57. The molecule has 4 atom stereocenters. The molecule has 0 aromatic carbocycles. The SMILES string of the molecule is C[C@@H]1C[C@H](Oc2[nH+]cccc2F)CCN1C(=O)Cn1nc(C(=O)N2CCC(OCCO)CC2)c2c1C[C@H]1C[C@@H]21. The van der Waals surface area contributed by atoms with Crippen molar-refractivity contribution in [3.05, 3.63) is 41.1 Å². The molecule has 2 amide bonds. The van der Waals surface area contributed by atoms with Crippen LogP contribution in [0.2, 0.25) is 0 Å². The third-order valence-electron chi connectivity index (χ3n) is 8.71. The van der Waals surface area contributed by atoms with Crippen LogP contribution in [0.15, 0.2) is 18.3 Å². The molecule has 11 heteroatoms. The number of nitrogens with one attached hydrogen (secondary N) is 1. The highest BCUT2D eigenvalue weighted by atomic mass is 19.1. The van der Waals surface area contributed by atoms with Gasteiger partial charge in [-0.05, 0) is 50.5 Å². The maximum absolute atomic E-state index is 14.0. The van der Waals surface area contributed by atoms with Crippen LogP contribution in [0.1, 0.15) is 66.7 Å². The van der Waals surface area contributed by atoms with Crippen LogP contribution >= 0.6 is 0 Å². The molecule has 4 aliphatic rings. The number of aliphatic hydroxyl groups excluding tert-OH is 1. The smallest absolute Gasteiger partial charge is 0.403 e. The molecule has 2 aliphatic carbocycles. The zero-order chi connectivity index (χ0) is 27.1. The number of hydrogen-bond donors (Lipinski definition) is 1. The van der Waals surface area contributed by atoms with Crippen molar-refractivity contribution in [2.45, 2.75) is 76.2 Å². The highest BCUT2D eigenvalue weighted by molar-refractivity contribution is 5.95. The Hall–Kier alpha value is -3.05. The number of likely N-dealkylation sites (tertiary alicyclic amines) is 2. The Morgan fingerprint density at radius 2 is 1.97 bits per heavy atom. The summed E-state index contributed by atoms with van der Waals surface area (Å²) in [4.78, 5) is 33.5. The van der Waals surface area contributed by atoms with E-state index in [4.69, 9.17) is 19.7 Å². The van der Waals surface area contributed by atoms with Gasteiger partial charge in [0, 0.05) is 55.8 Å². The van der Waals surface area contributed by atoms with E-state index in [1.807, 2.05) is 16.7 Å². The third kappa shape index (κ3) is 5.26. The number of aromatic amines is 1. The standard InChI is InChI=1S/C28H36FN5O5/c1-17-13-20(39-27-22(29)3-2-7-30-27)6-10-33(17)24(36)16-34-23-15-18-14-21(18)25(23)26(31-34)28(37)32-8-4-19(5-9-32)38-12-11-35/h2-3,7,17-21,35H,4-6,8-16H2,1H3/p+1/t17-,18-,20-,21-/m1/s1. The molecular weight excluding hydrogens is 505 g/mol. The van der Waals surface area contributed by atoms with Crippen molar-refractivity contribution in [3.63, 3.8) is 0 Å². The van der Waals surface area contributed by atoms with Crippen molar-refractivity contribution in [1.29, 1.82) is 0 Å². The number of halogens is 1. The number of ether oxygens (including phenoxy) is 2. The highest BCUT2D eigenvalue weighted by Gasteiger charge is 2.50. The molecule has 2 aromatic heterocycles. The van der Waals surface area contributed by atoms with Crippen molar-refractivity contribution >= 4 is 11.8 Å². The second kappa shape index (κ2) is 10.8. The molecule has 2 saturated heterocycles. The second-order valence-corrected chi connectivity index (χ2v) is 11.3. The summed E-state index contributed by atoms with van der Waals surface area (Å²) < 4.78 is 27.3. The summed E-state index contributed by atoms with van der Waals surface area (Å²) in [7, 11) is 0. The Morgan fingerprint density at radius 3 is 2.72 bits per heavy atom. The Balaban J connectivity index is 1.10. The summed E-state index contributed by atoms with van der Waals surface area (Å²) in [5, 5.41) is 13.7. The Labute approximate surface area is 227 Å². The summed E-state index contributed by atoms with van der Waals surface area (Å²) in [6.07, 6.45) is 6.18. The van der Waals surface area contributed by atoms with Gasteiger partial charge in [-0.25, -0.2) is 0 Å². The second-order valence-electron chi connectivity index (χ2n) is 11.3. The molecule has 6 rings (SSSR count). The molecule has 2 aromatic rings. The largest absolute Gasteiger partial charge is 0.439 e. The van der Waals surface area contributed by atoms with Gasteiger partial charge < -0.3 is 24.4 Å². The molecule has 10 nitrogen and oxygen atoms in total. The van der Waals surface area contributed by atoms with Crippen LogP contribution in [0.4, 0.5) is 4.39 Å². The van der Waals surface area contributed by atoms with Gasteiger partial charge >= 0.3 is 5.88 Å². The van der Waals surface area contributed by atoms with E-state index in [1.165, 1.54) is 6.07 Å². The molecule has 1 saturated carbocycles. The van der Waals surface area contributed by atoms with Crippen molar-refractivity contribution < 1.29 is 33.5 Å². The molecule has 4 heterocycles. The number of aliphatic hydroxyl groups is 1. The van der Waals surface area contributed by atoms with Gasteiger partial charge in [0.2, 0.25) is 11.7 Å². The lowest BCUT2D eigenvalue weighted by atomic mass is 10.0. The van der Waals surface area contributed by atoms with E-state index in [0.717, 1.165) is 36.9 Å². The van der Waals surface area contributed by atoms with Gasteiger partial charge in [-0.3, -0.25) is 14.3 Å². The van der Waals surface area contributed by atoms with Gasteiger partial charge in [-0.15, -0.1) is 0 Å². The number of hydrogen-bond acceptors (Lipinski definition) is 6. The Morgan fingerprint density at radius 1 is 1.18 bits per heavy atom. The van der Waals surface area contributed by atoms with Crippen LogP contribution in [0.25, 0.3) is 0 Å². The van der Waals surface area contributed by atoms with E-state index in [2.05, 4.69) is 4.98 Å². The van der Waals surface area contributed by atoms with Gasteiger partial charge in [0.05, 0.1) is 19.3 Å². The first-order valence-corrected chi connectivity index (χ1v) is 14.2. The van der Waals surface area contributed by atoms with Gasteiger partial charge in [0.1, 0.15) is 12.6 Å². The average molecular weight is 543 g/mol. The molecule has 0 spiro atoms. The number of carbonyl (C=O) groups is 2. The minimum atomic E-state index is -0.431. The predicted molar refractivity (Wildman–Crippen MR) is 137 cm³/mol. The fraction of sp³-hybridized carbons (Fsp3) is 0.643. The van der Waals surface area contributed by atoms with E-state index in [9.17, 15) is 14.0 Å². The van der Waals surface area contributed by atoms with Crippen molar-refractivity contribution in [2.24, 2.45) is 5.92 Å². The van der Waals surface area contributed by atoms with Crippen molar-refractivity contribution in [3.8, 4) is 5.88 Å². The first-order valence-electron chi connectivity index (χ1n) is 14.2. The van der Waals surface area contributed by atoms with Crippen molar-refractivity contribution in [2.75, 3.05) is 32.8 Å². The van der Waals surface area contributed by atoms with Crippen LogP contribution in [-0.2, 0) is 22.5 Å². The van der Waals surface area contributed by atoms with Gasteiger partial charge in [0.25, 0.3) is 5.91 Å². The zero-order valence-corrected chi connectivity index (χ0v) is 22.4. The van der Waals surface area contributed by atoms with Crippen LogP contribution in [0, 0.1) is 11.7 Å². The number of pyridine rings is 1. The molecule has 2 aliphatic heterocycles. The summed E-state index contributed by atoms with van der Waals surface area (Å²) >= 11 is 0. The normalized spacial score (nSPS) is 26.3. The first-order chi connectivity index (χ1) is 18.9. The van der Waals surface area contributed by atoms with Crippen molar-refractivity contribution in [1.82, 2.24) is 19.6 Å². The number of piperidine rings is 2. The lowest BCUT2D eigenvalue weighted by molar-refractivity contribution is -0.400. The average Bonchev–Trinajstić information content (AvgIpc) is 3.46. The minimum Gasteiger partial charge on any atom is -0.439 e. The quantitative estimate of drug-likeness (QED) is 0.542. The summed E-state index contributed by atoms with van der Waals surface area (Å²) in [6.45, 7) is 4.15. The fourth-order valence-electron chi connectivity index (χ4n) is 6.56. The lowest BCUT2D eigenvalue weighted by Gasteiger charge is -2.37. The van der Waals surface area contributed by atoms with E-state index in [1.54, 1.807) is 16.9 Å². The van der Waals surface area contributed by atoms with Crippen LogP contribution in [-0.4, -0.2) is 87.6 Å². The number of nitrogens with zero attached hydrogens (tertiary/aromatic N) is 4. The van der Waals surface area contributed by atoms with E-state index >= 15 is 0 Å². The predicted octanol–water partition coefficient (Wildman–Crippen LogP) is 1.57. The molecule has 2 N–H and O–H groups in total. The maximum atomic E-state index is 14.0. The number of carbonyl (C=O) groups excluding carboxylic acids is 2. The summed E-state index contributed by atoms with van der Waals surface area (Å²) in [5.41, 5.74) is 2.60. The van der Waals surface area contributed by atoms with E-state index in [0.29, 0.717) is 56.6 Å². The van der Waals surface area contributed by atoms with Crippen LogP contribution in [0.3, 0.4) is 0 Å². The molecule has 0 radical (unpaired) electrons. The molecule has 39 heavy (non-hydrogen) atoms. The van der Waals surface area contributed by atoms with Gasteiger partial charge in [-0.1, -0.05) is 0 Å². The maximum Gasteiger partial charge on any atom is 0.403 e. The van der Waals surface area contributed by atoms with Gasteiger partial charge in [0.15, 0.2) is 11.9 Å². The zero-order valence-electron chi connectivity index (χ0n) is 22.4. The number of fused-ring (bicyclic) bond motifs is 3. The first kappa shape index (κ1) is 26.2. The minimum absolute atomic E-state index is 0.000961. The molecule has 210 valence electrons. The van der Waals surface area contributed by atoms with Crippen LogP contribution in [0.5, 0.6) is 5.88 Å². The summed E-state index contributed by atoms with van der Waals surface area (Å²) in [5.74, 6) is 0.561. The topological polar surface area (TPSA) is 111 Å². The van der Waals surface area contributed by atoms with E-state index in [-0.39, 0.29) is 49.1 Å². The molecular formula is C28H37FN5O5+. The molecule has 0 unspecified atom stereocenters. The molecule has 3 fully saturated rings. The number of H-pyrrole nitrogens is 1.